The highest BCUT2D eigenvalue weighted by Crippen LogP contribution is 2.60. The van der Waals surface area contributed by atoms with Crippen LogP contribution in [-0.4, -0.2) is 11.1 Å². The Balaban J connectivity index is 1.71. The van der Waals surface area contributed by atoms with Crippen molar-refractivity contribution in [3.05, 3.63) is 29.3 Å². The lowest BCUT2D eigenvalue weighted by atomic mass is 9.55. The van der Waals surface area contributed by atoms with E-state index >= 15 is 0 Å². The van der Waals surface area contributed by atoms with Crippen LogP contribution >= 0.6 is 0 Å². The van der Waals surface area contributed by atoms with Crippen LogP contribution in [-0.2, 0) is 6.42 Å². The third-order valence-electron chi connectivity index (χ3n) is 6.78. The molecular weight excluding hydrogens is 246 g/mol. The molecule has 0 aromatic heterocycles. The van der Waals surface area contributed by atoms with E-state index in [9.17, 15) is 5.11 Å². The SMILES string of the molecule is C[C@]12CC[C@@H]3c4ccc(O)cc4CC[C@H]3[C@@H]1CC[C@@H]2N. The van der Waals surface area contributed by atoms with Gasteiger partial charge in [0.05, 0.1) is 0 Å². The number of phenols is 1. The predicted molar refractivity (Wildman–Crippen MR) is 80.7 cm³/mol. The number of hydrogen-bond acceptors (Lipinski definition) is 2. The molecule has 0 radical (unpaired) electrons. The highest BCUT2D eigenvalue weighted by Gasteiger charge is 2.53. The van der Waals surface area contributed by atoms with Crippen LogP contribution in [0.15, 0.2) is 18.2 Å². The van der Waals surface area contributed by atoms with Crippen LogP contribution in [0.25, 0.3) is 0 Å². The summed E-state index contributed by atoms with van der Waals surface area (Å²) >= 11 is 0. The van der Waals surface area contributed by atoms with E-state index in [1.807, 2.05) is 12.1 Å². The molecule has 3 aliphatic rings. The van der Waals surface area contributed by atoms with Gasteiger partial charge in [-0.15, -0.1) is 0 Å². The molecule has 0 spiro atoms. The first-order valence-corrected chi connectivity index (χ1v) is 8.17. The highest BCUT2D eigenvalue weighted by molar-refractivity contribution is 5.40. The van der Waals surface area contributed by atoms with Crippen molar-refractivity contribution in [2.45, 2.75) is 57.4 Å². The first-order valence-electron chi connectivity index (χ1n) is 8.17. The number of aromatic hydroxyl groups is 1. The summed E-state index contributed by atoms with van der Waals surface area (Å²) in [6.45, 7) is 2.44. The van der Waals surface area contributed by atoms with E-state index in [-0.39, 0.29) is 0 Å². The topological polar surface area (TPSA) is 46.2 Å². The van der Waals surface area contributed by atoms with E-state index in [1.165, 1.54) is 43.2 Å². The average molecular weight is 271 g/mol. The number of aryl methyl sites for hydroxylation is 1. The fourth-order valence-corrected chi connectivity index (χ4v) is 5.61. The molecule has 1 aromatic carbocycles. The molecule has 5 atom stereocenters. The Hall–Kier alpha value is -1.02. The van der Waals surface area contributed by atoms with Crippen LogP contribution in [0.4, 0.5) is 0 Å². The smallest absolute Gasteiger partial charge is 0.115 e. The van der Waals surface area contributed by atoms with Gasteiger partial charge in [-0.1, -0.05) is 13.0 Å². The number of benzene rings is 1. The Kier molecular flexibility index (Phi) is 2.69. The second-order valence-corrected chi connectivity index (χ2v) is 7.53. The minimum absolute atomic E-state index is 0.385. The Morgan fingerprint density at radius 3 is 2.90 bits per heavy atom. The Morgan fingerprint density at radius 2 is 2.05 bits per heavy atom. The van der Waals surface area contributed by atoms with Crippen LogP contribution in [0, 0.1) is 17.3 Å². The Labute approximate surface area is 121 Å². The van der Waals surface area contributed by atoms with Gasteiger partial charge >= 0.3 is 0 Å². The van der Waals surface area contributed by atoms with Crippen molar-refractivity contribution in [1.82, 2.24) is 0 Å². The molecule has 2 fully saturated rings. The van der Waals surface area contributed by atoms with Crippen LogP contribution < -0.4 is 5.73 Å². The predicted octanol–water partition coefficient (Wildman–Crippen LogP) is 3.58. The molecule has 0 bridgehead atoms. The van der Waals surface area contributed by atoms with E-state index in [0.29, 0.717) is 23.1 Å². The molecule has 0 saturated heterocycles. The molecule has 0 heterocycles. The quantitative estimate of drug-likeness (QED) is 0.757. The van der Waals surface area contributed by atoms with E-state index in [1.54, 1.807) is 0 Å². The largest absolute Gasteiger partial charge is 0.508 e. The van der Waals surface area contributed by atoms with Gasteiger partial charge < -0.3 is 10.8 Å². The lowest BCUT2D eigenvalue weighted by Gasteiger charge is -2.50. The molecule has 108 valence electrons. The lowest BCUT2D eigenvalue weighted by molar-refractivity contribution is 0.0496. The van der Waals surface area contributed by atoms with Crippen LogP contribution in [0.2, 0.25) is 0 Å². The number of hydrogen-bond donors (Lipinski definition) is 2. The maximum absolute atomic E-state index is 9.69. The molecule has 3 aliphatic carbocycles. The van der Waals surface area contributed by atoms with E-state index in [0.717, 1.165) is 18.3 Å². The van der Waals surface area contributed by atoms with Gasteiger partial charge in [0.1, 0.15) is 5.75 Å². The zero-order chi connectivity index (χ0) is 13.9. The molecule has 2 nitrogen and oxygen atoms in total. The summed E-state index contributed by atoms with van der Waals surface area (Å²) in [6.07, 6.45) is 7.52. The molecule has 20 heavy (non-hydrogen) atoms. The first-order chi connectivity index (χ1) is 9.59. The first kappa shape index (κ1) is 12.7. The highest BCUT2D eigenvalue weighted by atomic mass is 16.3. The van der Waals surface area contributed by atoms with Crippen molar-refractivity contribution in [3.63, 3.8) is 0 Å². The fourth-order valence-electron chi connectivity index (χ4n) is 5.61. The van der Waals surface area contributed by atoms with E-state index in [4.69, 9.17) is 5.73 Å². The molecule has 2 saturated carbocycles. The zero-order valence-corrected chi connectivity index (χ0v) is 12.3. The Bertz CT molecular complexity index is 540. The summed E-state index contributed by atoms with van der Waals surface area (Å²) in [7, 11) is 0. The van der Waals surface area contributed by atoms with Gasteiger partial charge in [-0.05, 0) is 85.0 Å². The van der Waals surface area contributed by atoms with E-state index < -0.39 is 0 Å². The monoisotopic (exact) mass is 271 g/mol. The maximum Gasteiger partial charge on any atom is 0.115 e. The van der Waals surface area contributed by atoms with Crippen molar-refractivity contribution in [2.75, 3.05) is 0 Å². The van der Waals surface area contributed by atoms with Crippen LogP contribution in [0.5, 0.6) is 5.75 Å². The van der Waals surface area contributed by atoms with Crippen molar-refractivity contribution >= 4 is 0 Å². The molecule has 0 aliphatic heterocycles. The number of phenolic OH excluding ortho intramolecular Hbond substituents is 1. The maximum atomic E-state index is 9.69. The van der Waals surface area contributed by atoms with Crippen LogP contribution in [0.3, 0.4) is 0 Å². The lowest BCUT2D eigenvalue weighted by Crippen LogP contribution is -2.46. The summed E-state index contributed by atoms with van der Waals surface area (Å²) in [4.78, 5) is 0. The minimum Gasteiger partial charge on any atom is -0.508 e. The number of nitrogens with two attached hydrogens (primary N) is 1. The van der Waals surface area contributed by atoms with Crippen molar-refractivity contribution in [3.8, 4) is 5.75 Å². The van der Waals surface area contributed by atoms with E-state index in [2.05, 4.69) is 13.0 Å². The minimum atomic E-state index is 0.385. The second kappa shape index (κ2) is 4.24. The van der Waals surface area contributed by atoms with Gasteiger partial charge in [0, 0.05) is 6.04 Å². The summed E-state index contributed by atoms with van der Waals surface area (Å²) in [5.74, 6) is 2.77. The summed E-state index contributed by atoms with van der Waals surface area (Å²) in [6, 6.07) is 6.45. The zero-order valence-electron chi connectivity index (χ0n) is 12.3. The van der Waals surface area contributed by atoms with Gasteiger partial charge in [0.25, 0.3) is 0 Å². The number of rotatable bonds is 0. The number of fused-ring (bicyclic) bond motifs is 5. The normalized spacial score (nSPS) is 42.7. The van der Waals surface area contributed by atoms with Gasteiger partial charge in [-0.25, -0.2) is 0 Å². The average Bonchev–Trinajstić information content (AvgIpc) is 2.74. The summed E-state index contributed by atoms with van der Waals surface area (Å²) < 4.78 is 0. The summed E-state index contributed by atoms with van der Waals surface area (Å²) in [5, 5.41) is 9.69. The molecule has 0 amide bonds. The molecule has 1 aromatic rings. The standard InChI is InChI=1S/C18H25NO/c1-18-9-8-14-13-5-3-12(20)10-11(13)2-4-15(14)16(18)6-7-17(18)19/h3,5,10,14-17,20H,2,4,6-9,19H2,1H3/t14-,15-,16+,17+,18+/m1/s1. The van der Waals surface area contributed by atoms with Gasteiger partial charge in [-0.3, -0.25) is 0 Å². The van der Waals surface area contributed by atoms with Gasteiger partial charge in [-0.2, -0.15) is 0 Å². The molecule has 2 heteroatoms. The van der Waals surface area contributed by atoms with Crippen molar-refractivity contribution in [1.29, 1.82) is 0 Å². The molecule has 3 N–H and O–H groups in total. The molecule has 0 unspecified atom stereocenters. The van der Waals surface area contributed by atoms with Crippen LogP contribution in [0.1, 0.15) is 56.1 Å². The van der Waals surface area contributed by atoms with Gasteiger partial charge in [0.2, 0.25) is 0 Å². The van der Waals surface area contributed by atoms with Crippen molar-refractivity contribution < 1.29 is 5.11 Å². The third-order valence-corrected chi connectivity index (χ3v) is 6.78. The van der Waals surface area contributed by atoms with Crippen molar-refractivity contribution in [2.24, 2.45) is 23.0 Å². The van der Waals surface area contributed by atoms with Gasteiger partial charge in [0.15, 0.2) is 0 Å². The Morgan fingerprint density at radius 1 is 1.20 bits per heavy atom. The fraction of sp³-hybridized carbons (Fsp3) is 0.667. The molecular formula is C18H25NO. The summed E-state index contributed by atoms with van der Waals surface area (Å²) in [5.41, 5.74) is 9.71. The molecule has 4 rings (SSSR count). The third kappa shape index (κ3) is 1.60. The second-order valence-electron chi connectivity index (χ2n) is 7.53.